The summed E-state index contributed by atoms with van der Waals surface area (Å²) in [4.78, 5) is 4.36. The fraction of sp³-hybridized carbons (Fsp3) is 0.188. The van der Waals surface area contributed by atoms with Gasteiger partial charge in [-0.25, -0.2) is 0 Å². The van der Waals surface area contributed by atoms with Crippen molar-refractivity contribution in [3.05, 3.63) is 60.0 Å². The minimum atomic E-state index is 0.695. The second kappa shape index (κ2) is 5.65. The molecule has 0 unspecified atom stereocenters. The summed E-state index contributed by atoms with van der Waals surface area (Å²) in [6.45, 7) is 2.89. The minimum absolute atomic E-state index is 0.695. The van der Waals surface area contributed by atoms with Crippen molar-refractivity contribution in [2.75, 3.05) is 11.9 Å². The predicted molar refractivity (Wildman–Crippen MR) is 80.7 cm³/mol. The third-order valence-corrected chi connectivity index (χ3v) is 3.18. The molecule has 0 bridgehead atoms. The Morgan fingerprint density at radius 2 is 1.75 bits per heavy atom. The van der Waals surface area contributed by atoms with Gasteiger partial charge >= 0.3 is 0 Å². The number of hydrogen-bond acceptors (Lipinski definition) is 4. The maximum Gasteiger partial charge on any atom is 0.156 e. The highest BCUT2D eigenvalue weighted by Gasteiger charge is 2.09. The van der Waals surface area contributed by atoms with E-state index in [0.717, 1.165) is 34.5 Å². The van der Waals surface area contributed by atoms with E-state index >= 15 is 0 Å². The third kappa shape index (κ3) is 2.45. The molecule has 4 nitrogen and oxygen atoms in total. The van der Waals surface area contributed by atoms with Crippen molar-refractivity contribution in [3.63, 3.8) is 0 Å². The molecular weight excluding hydrogens is 248 g/mol. The molecule has 0 saturated heterocycles. The van der Waals surface area contributed by atoms with Gasteiger partial charge in [0.1, 0.15) is 0 Å². The molecule has 0 aliphatic rings. The Balaban J connectivity index is 2.06. The molecule has 2 heterocycles. The van der Waals surface area contributed by atoms with Gasteiger partial charge in [0.05, 0.1) is 5.69 Å². The first-order valence-electron chi connectivity index (χ1n) is 6.76. The van der Waals surface area contributed by atoms with E-state index < -0.39 is 0 Å². The highest BCUT2D eigenvalue weighted by molar-refractivity contribution is 5.93. The van der Waals surface area contributed by atoms with Crippen LogP contribution in [0.2, 0.25) is 0 Å². The number of hydrogen-bond donors (Lipinski definition) is 1. The normalized spacial score (nSPS) is 10.7. The molecule has 0 radical (unpaired) electrons. The van der Waals surface area contributed by atoms with Crippen molar-refractivity contribution < 1.29 is 0 Å². The molecule has 20 heavy (non-hydrogen) atoms. The van der Waals surface area contributed by atoms with Gasteiger partial charge in [-0.1, -0.05) is 30.3 Å². The first-order chi connectivity index (χ1) is 9.88. The molecule has 100 valence electrons. The van der Waals surface area contributed by atoms with Crippen LogP contribution < -0.4 is 5.32 Å². The van der Waals surface area contributed by atoms with Gasteiger partial charge in [-0.05, 0) is 19.1 Å². The molecule has 3 aromatic rings. The maximum atomic E-state index is 4.37. The Hall–Kier alpha value is -2.49. The number of rotatable bonds is 4. The Labute approximate surface area is 117 Å². The lowest BCUT2D eigenvalue weighted by atomic mass is 10.1. The smallest absolute Gasteiger partial charge is 0.156 e. The number of pyridine rings is 1. The van der Waals surface area contributed by atoms with Gasteiger partial charge in [0.25, 0.3) is 0 Å². The molecule has 0 fully saturated rings. The maximum absolute atomic E-state index is 4.37. The van der Waals surface area contributed by atoms with Crippen LogP contribution in [0.25, 0.3) is 10.8 Å². The molecule has 1 aromatic carbocycles. The minimum Gasteiger partial charge on any atom is -0.368 e. The van der Waals surface area contributed by atoms with E-state index in [9.17, 15) is 0 Å². The van der Waals surface area contributed by atoms with Crippen LogP contribution >= 0.6 is 0 Å². The predicted octanol–water partition coefficient (Wildman–Crippen LogP) is 3.05. The largest absolute Gasteiger partial charge is 0.368 e. The van der Waals surface area contributed by atoms with Crippen LogP contribution in [0.1, 0.15) is 18.3 Å². The quantitative estimate of drug-likeness (QED) is 0.787. The lowest BCUT2D eigenvalue weighted by molar-refractivity contribution is 0.933. The molecule has 0 aliphatic carbocycles. The Kier molecular flexibility index (Phi) is 3.54. The molecule has 0 aliphatic heterocycles. The summed E-state index contributed by atoms with van der Waals surface area (Å²) in [6.07, 6.45) is 2.50. The van der Waals surface area contributed by atoms with Gasteiger partial charge in [0, 0.05) is 35.6 Å². The zero-order chi connectivity index (χ0) is 13.8. The topological polar surface area (TPSA) is 50.7 Å². The van der Waals surface area contributed by atoms with Crippen molar-refractivity contribution in [2.45, 2.75) is 13.3 Å². The van der Waals surface area contributed by atoms with Crippen LogP contribution in [0.3, 0.4) is 0 Å². The molecule has 0 spiro atoms. The van der Waals surface area contributed by atoms with E-state index in [4.69, 9.17) is 0 Å². The Morgan fingerprint density at radius 3 is 2.50 bits per heavy atom. The number of fused-ring (bicyclic) bond motifs is 1. The lowest BCUT2D eigenvalue weighted by Gasteiger charge is -2.09. The Morgan fingerprint density at radius 1 is 0.950 bits per heavy atom. The van der Waals surface area contributed by atoms with Crippen LogP contribution in [-0.4, -0.2) is 21.7 Å². The van der Waals surface area contributed by atoms with E-state index in [1.165, 1.54) is 0 Å². The van der Waals surface area contributed by atoms with Crippen molar-refractivity contribution in [2.24, 2.45) is 0 Å². The third-order valence-electron chi connectivity index (χ3n) is 3.18. The van der Waals surface area contributed by atoms with Crippen molar-refractivity contribution in [3.8, 4) is 0 Å². The molecular formula is C16H16N4. The highest BCUT2D eigenvalue weighted by atomic mass is 15.2. The zero-order valence-electron chi connectivity index (χ0n) is 11.4. The number of benzene rings is 1. The average molecular weight is 264 g/mol. The van der Waals surface area contributed by atoms with Crippen LogP contribution in [0.15, 0.2) is 48.7 Å². The van der Waals surface area contributed by atoms with Crippen LogP contribution in [0, 0.1) is 0 Å². The summed E-state index contributed by atoms with van der Waals surface area (Å²) in [5.41, 5.74) is 1.96. The molecule has 2 aromatic heterocycles. The number of nitrogens with one attached hydrogen (secondary N) is 1. The molecule has 4 heteroatoms. The van der Waals surface area contributed by atoms with Gasteiger partial charge in [-0.15, -0.1) is 5.10 Å². The van der Waals surface area contributed by atoms with E-state index in [-0.39, 0.29) is 0 Å². The fourth-order valence-electron chi connectivity index (χ4n) is 2.26. The van der Waals surface area contributed by atoms with Crippen LogP contribution in [0.5, 0.6) is 0 Å². The monoisotopic (exact) mass is 264 g/mol. The van der Waals surface area contributed by atoms with Gasteiger partial charge in [0.15, 0.2) is 5.82 Å². The number of nitrogens with zero attached hydrogens (tertiary/aromatic N) is 3. The molecule has 3 rings (SSSR count). The van der Waals surface area contributed by atoms with Gasteiger partial charge < -0.3 is 5.32 Å². The summed E-state index contributed by atoms with van der Waals surface area (Å²) in [5.74, 6) is 0.841. The fourth-order valence-corrected chi connectivity index (χ4v) is 2.26. The SMILES string of the molecule is CCNc1nnc(Cc2ccccn2)c2ccccc12. The zero-order valence-corrected chi connectivity index (χ0v) is 11.4. The van der Waals surface area contributed by atoms with Crippen LogP contribution in [-0.2, 0) is 6.42 Å². The van der Waals surface area contributed by atoms with E-state index in [1.807, 2.05) is 30.3 Å². The number of aromatic nitrogens is 3. The van der Waals surface area contributed by atoms with E-state index in [2.05, 4.69) is 39.6 Å². The molecule has 0 saturated carbocycles. The average Bonchev–Trinajstić information content (AvgIpc) is 2.51. The first-order valence-corrected chi connectivity index (χ1v) is 6.76. The van der Waals surface area contributed by atoms with Crippen LogP contribution in [0.4, 0.5) is 5.82 Å². The van der Waals surface area contributed by atoms with Gasteiger partial charge in [-0.3, -0.25) is 4.98 Å². The molecule has 1 N–H and O–H groups in total. The first kappa shape index (κ1) is 12.5. The van der Waals surface area contributed by atoms with Crippen molar-refractivity contribution >= 4 is 16.6 Å². The van der Waals surface area contributed by atoms with E-state index in [1.54, 1.807) is 6.20 Å². The number of anilines is 1. The summed E-state index contributed by atoms with van der Waals surface area (Å²) in [5, 5.41) is 14.2. The Bertz CT molecular complexity index is 710. The second-order valence-corrected chi connectivity index (χ2v) is 4.57. The molecule has 0 amide bonds. The van der Waals surface area contributed by atoms with Crippen molar-refractivity contribution in [1.82, 2.24) is 15.2 Å². The highest BCUT2D eigenvalue weighted by Crippen LogP contribution is 2.23. The summed E-state index contributed by atoms with van der Waals surface area (Å²) >= 11 is 0. The standard InChI is InChI=1S/C16H16N4/c1-2-17-16-14-9-4-3-8-13(14)15(19-20-16)11-12-7-5-6-10-18-12/h3-10H,2,11H2,1H3,(H,17,20). The van der Waals surface area contributed by atoms with E-state index in [0.29, 0.717) is 6.42 Å². The summed E-state index contributed by atoms with van der Waals surface area (Å²) in [6, 6.07) is 14.1. The van der Waals surface area contributed by atoms with Crippen molar-refractivity contribution in [1.29, 1.82) is 0 Å². The summed E-state index contributed by atoms with van der Waals surface area (Å²) < 4.78 is 0. The van der Waals surface area contributed by atoms with Gasteiger partial charge in [-0.2, -0.15) is 5.10 Å². The second-order valence-electron chi connectivity index (χ2n) is 4.57. The lowest BCUT2D eigenvalue weighted by Crippen LogP contribution is -2.05. The molecule has 0 atom stereocenters. The van der Waals surface area contributed by atoms with Gasteiger partial charge in [0.2, 0.25) is 0 Å². The summed E-state index contributed by atoms with van der Waals surface area (Å²) in [7, 11) is 0.